The predicted octanol–water partition coefficient (Wildman–Crippen LogP) is 2.74. The second-order valence-electron chi connectivity index (χ2n) is 6.39. The second-order valence-corrected chi connectivity index (χ2v) is 7.30. The summed E-state index contributed by atoms with van der Waals surface area (Å²) in [4.78, 5) is 37.9. The molecule has 154 valence electrons. The molecular formula is C22H21N3O4S. The first kappa shape index (κ1) is 21.3. The molecule has 1 amide bonds. The molecule has 0 aliphatic carbocycles. The highest BCUT2D eigenvalue weighted by atomic mass is 32.2. The zero-order chi connectivity index (χ0) is 21.5. The Balaban J connectivity index is 2.17. The van der Waals surface area contributed by atoms with Crippen LogP contribution in [-0.2, 0) is 9.53 Å². The number of carbonyl (C=O) groups is 2. The molecule has 3 aromatic rings. The van der Waals surface area contributed by atoms with Crippen LogP contribution in [0.3, 0.4) is 0 Å². The van der Waals surface area contributed by atoms with Gasteiger partial charge in [-0.05, 0) is 11.8 Å². The van der Waals surface area contributed by atoms with Crippen molar-refractivity contribution in [1.29, 1.82) is 0 Å². The number of rotatable bonds is 7. The molecule has 30 heavy (non-hydrogen) atoms. The number of methoxy groups -OCH3 is 1. The van der Waals surface area contributed by atoms with E-state index in [9.17, 15) is 14.4 Å². The van der Waals surface area contributed by atoms with Crippen LogP contribution in [0.1, 0.15) is 10.4 Å². The van der Waals surface area contributed by atoms with Crippen LogP contribution in [0.2, 0.25) is 0 Å². The topological polar surface area (TPSA) is 101 Å². The van der Waals surface area contributed by atoms with E-state index < -0.39 is 23.5 Å². The van der Waals surface area contributed by atoms with E-state index >= 15 is 0 Å². The van der Waals surface area contributed by atoms with Gasteiger partial charge < -0.3 is 10.1 Å². The number of hydrogen-bond donors (Lipinski definition) is 2. The number of benzene rings is 2. The number of thioether (sulfide) groups is 1. The molecule has 2 aromatic carbocycles. The summed E-state index contributed by atoms with van der Waals surface area (Å²) < 4.78 is 4.77. The Morgan fingerprint density at radius 2 is 1.67 bits per heavy atom. The monoisotopic (exact) mass is 423 g/mol. The van der Waals surface area contributed by atoms with Gasteiger partial charge in [-0.1, -0.05) is 60.7 Å². The maximum Gasteiger partial charge on any atom is 0.329 e. The Morgan fingerprint density at radius 1 is 1.07 bits per heavy atom. The molecule has 0 radical (unpaired) electrons. The fourth-order valence-electron chi connectivity index (χ4n) is 3.07. The minimum absolute atomic E-state index is 0.106. The number of aromatic nitrogens is 2. The van der Waals surface area contributed by atoms with Gasteiger partial charge >= 0.3 is 5.97 Å². The van der Waals surface area contributed by atoms with Crippen molar-refractivity contribution in [3.05, 3.63) is 76.6 Å². The summed E-state index contributed by atoms with van der Waals surface area (Å²) in [6, 6.07) is 17.5. The summed E-state index contributed by atoms with van der Waals surface area (Å²) in [6.07, 6.45) is 1.81. The second kappa shape index (κ2) is 9.89. The Labute approximate surface area is 177 Å². The van der Waals surface area contributed by atoms with Crippen molar-refractivity contribution >= 4 is 23.6 Å². The van der Waals surface area contributed by atoms with E-state index in [4.69, 9.17) is 4.74 Å². The van der Waals surface area contributed by atoms with Gasteiger partial charge in [0.1, 0.15) is 11.6 Å². The Morgan fingerprint density at radius 3 is 2.23 bits per heavy atom. The highest BCUT2D eigenvalue weighted by Gasteiger charge is 2.27. The summed E-state index contributed by atoms with van der Waals surface area (Å²) in [6.45, 7) is 0. The van der Waals surface area contributed by atoms with Gasteiger partial charge in [-0.15, -0.1) is 0 Å². The lowest BCUT2D eigenvalue weighted by atomic mass is 9.95. The van der Waals surface area contributed by atoms with Gasteiger partial charge in [-0.3, -0.25) is 9.59 Å². The van der Waals surface area contributed by atoms with Crippen molar-refractivity contribution in [2.45, 2.75) is 6.04 Å². The molecule has 0 spiro atoms. The van der Waals surface area contributed by atoms with E-state index in [2.05, 4.69) is 15.5 Å². The molecule has 0 saturated carbocycles. The van der Waals surface area contributed by atoms with Crippen molar-refractivity contribution in [3.8, 4) is 22.4 Å². The summed E-state index contributed by atoms with van der Waals surface area (Å²) in [5.41, 5.74) is 1.53. The molecule has 2 N–H and O–H groups in total. The molecule has 0 fully saturated rings. The summed E-state index contributed by atoms with van der Waals surface area (Å²) in [5.74, 6) is -0.931. The van der Waals surface area contributed by atoms with Crippen LogP contribution in [0.15, 0.2) is 65.5 Å². The fourth-order valence-corrected chi connectivity index (χ4v) is 3.62. The minimum atomic E-state index is -0.881. The first-order valence-electron chi connectivity index (χ1n) is 9.18. The Bertz CT molecular complexity index is 1080. The lowest BCUT2D eigenvalue weighted by Crippen LogP contribution is -2.45. The zero-order valence-corrected chi connectivity index (χ0v) is 17.4. The van der Waals surface area contributed by atoms with Gasteiger partial charge in [0.2, 0.25) is 0 Å². The van der Waals surface area contributed by atoms with Crippen molar-refractivity contribution < 1.29 is 14.3 Å². The third kappa shape index (κ3) is 4.60. The number of ether oxygens (including phenoxy) is 1. The largest absolute Gasteiger partial charge is 0.467 e. The first-order chi connectivity index (χ1) is 14.6. The van der Waals surface area contributed by atoms with E-state index in [0.717, 1.165) is 5.56 Å². The van der Waals surface area contributed by atoms with Gasteiger partial charge in [0.05, 0.1) is 12.8 Å². The predicted molar refractivity (Wildman–Crippen MR) is 117 cm³/mol. The molecule has 0 saturated heterocycles. The summed E-state index contributed by atoms with van der Waals surface area (Å²) in [7, 11) is 1.25. The van der Waals surface area contributed by atoms with Gasteiger partial charge in [0.15, 0.2) is 0 Å². The maximum absolute atomic E-state index is 13.2. The molecule has 7 nitrogen and oxygen atoms in total. The zero-order valence-electron chi connectivity index (χ0n) is 16.5. The van der Waals surface area contributed by atoms with Crippen LogP contribution in [0.5, 0.6) is 0 Å². The number of H-pyrrole nitrogens is 1. The summed E-state index contributed by atoms with van der Waals surface area (Å²) >= 11 is 1.38. The average Bonchev–Trinajstić information content (AvgIpc) is 2.79. The standard InChI is InChI=1S/C22H21N3O4S/c1-29-22(28)16(13-30-2)23-20(26)18-17(14-9-5-3-6-10-14)19(24-25-21(18)27)15-11-7-4-8-12-15/h3-12,16H,13H2,1-2H3,(H,23,26)(H,25,27). The van der Waals surface area contributed by atoms with E-state index in [1.165, 1.54) is 18.9 Å². The normalized spacial score (nSPS) is 11.5. The highest BCUT2D eigenvalue weighted by Crippen LogP contribution is 2.31. The molecule has 0 bridgehead atoms. The number of nitrogens with zero attached hydrogens (tertiary/aromatic N) is 1. The number of hydrogen-bond acceptors (Lipinski definition) is 6. The van der Waals surface area contributed by atoms with E-state index in [-0.39, 0.29) is 5.56 Å². The summed E-state index contributed by atoms with van der Waals surface area (Å²) in [5, 5.41) is 9.27. The van der Waals surface area contributed by atoms with Crippen molar-refractivity contribution in [2.24, 2.45) is 0 Å². The average molecular weight is 423 g/mol. The van der Waals surface area contributed by atoms with Crippen LogP contribution in [0.25, 0.3) is 22.4 Å². The number of esters is 1. The van der Waals surface area contributed by atoms with Crippen molar-refractivity contribution in [3.63, 3.8) is 0 Å². The lowest BCUT2D eigenvalue weighted by molar-refractivity contribution is -0.142. The van der Waals surface area contributed by atoms with Crippen LogP contribution in [-0.4, -0.2) is 47.2 Å². The van der Waals surface area contributed by atoms with E-state index in [1.807, 2.05) is 54.8 Å². The third-order valence-corrected chi connectivity index (χ3v) is 5.11. The lowest BCUT2D eigenvalue weighted by Gasteiger charge is -2.17. The van der Waals surface area contributed by atoms with Crippen LogP contribution >= 0.6 is 11.8 Å². The SMILES string of the molecule is COC(=O)C(CSC)NC(=O)c1c(-c2ccccc2)c(-c2ccccc2)n[nH]c1=O. The molecule has 1 heterocycles. The van der Waals surface area contributed by atoms with Gasteiger partial charge in [0, 0.05) is 16.9 Å². The molecule has 3 rings (SSSR count). The molecule has 0 aliphatic heterocycles. The quantitative estimate of drug-likeness (QED) is 0.567. The smallest absolute Gasteiger partial charge is 0.329 e. The van der Waals surface area contributed by atoms with Crippen molar-refractivity contribution in [2.75, 3.05) is 19.1 Å². The Kier molecular flexibility index (Phi) is 7.03. The number of nitrogens with one attached hydrogen (secondary N) is 2. The molecule has 1 unspecified atom stereocenters. The van der Waals surface area contributed by atoms with Gasteiger partial charge in [-0.25, -0.2) is 9.89 Å². The number of carbonyl (C=O) groups excluding carboxylic acids is 2. The molecule has 8 heteroatoms. The first-order valence-corrected chi connectivity index (χ1v) is 10.6. The molecular weight excluding hydrogens is 402 g/mol. The number of aromatic amines is 1. The molecule has 1 aromatic heterocycles. The number of amides is 1. The third-order valence-electron chi connectivity index (χ3n) is 4.44. The van der Waals surface area contributed by atoms with E-state index in [0.29, 0.717) is 22.6 Å². The molecule has 0 aliphatic rings. The minimum Gasteiger partial charge on any atom is -0.467 e. The Hall–Kier alpha value is -3.39. The van der Waals surface area contributed by atoms with Gasteiger partial charge in [-0.2, -0.15) is 16.9 Å². The fraction of sp³-hybridized carbons (Fsp3) is 0.182. The maximum atomic E-state index is 13.2. The van der Waals surface area contributed by atoms with Crippen LogP contribution < -0.4 is 10.9 Å². The van der Waals surface area contributed by atoms with E-state index in [1.54, 1.807) is 12.1 Å². The van der Waals surface area contributed by atoms with Crippen LogP contribution in [0, 0.1) is 0 Å². The van der Waals surface area contributed by atoms with Crippen LogP contribution in [0.4, 0.5) is 0 Å². The highest BCUT2D eigenvalue weighted by molar-refractivity contribution is 7.98. The van der Waals surface area contributed by atoms with Crippen molar-refractivity contribution in [1.82, 2.24) is 15.5 Å². The molecule has 1 atom stereocenters. The van der Waals surface area contributed by atoms with Gasteiger partial charge in [0.25, 0.3) is 11.5 Å².